The van der Waals surface area contributed by atoms with Crippen LogP contribution in [0.3, 0.4) is 0 Å². The van der Waals surface area contributed by atoms with E-state index in [1.165, 1.54) is 12.1 Å². The Bertz CT molecular complexity index is 1570. The fourth-order valence-electron chi connectivity index (χ4n) is 3.79. The second-order valence-corrected chi connectivity index (χ2v) is 9.82. The van der Waals surface area contributed by atoms with Crippen LogP contribution in [0.1, 0.15) is 5.56 Å². The molecule has 4 aromatic rings. The van der Waals surface area contributed by atoms with Crippen molar-refractivity contribution < 1.29 is 14.9 Å². The Labute approximate surface area is 229 Å². The molecule has 12 heteroatoms. The number of hydrazone groups is 1. The van der Waals surface area contributed by atoms with E-state index >= 15 is 0 Å². The number of rotatable bonds is 4. The maximum Gasteiger partial charge on any atom is 0.206 e. The first-order valence-corrected chi connectivity index (χ1v) is 12.4. The number of nitriles is 1. The van der Waals surface area contributed by atoms with Crippen LogP contribution in [-0.4, -0.2) is 38.5 Å². The SMILES string of the molecule is Cc1cc(-c2ccc(Br)cn2)nc2ccc(Oc3c(Cl)cc(N4N=C(C#N)C(O)NC4O)cc3Cl)cc12. The number of benzene rings is 2. The van der Waals surface area contributed by atoms with Gasteiger partial charge < -0.3 is 14.9 Å². The van der Waals surface area contributed by atoms with E-state index in [1.54, 1.807) is 18.3 Å². The van der Waals surface area contributed by atoms with Gasteiger partial charge in [0, 0.05) is 16.1 Å². The van der Waals surface area contributed by atoms with Crippen molar-refractivity contribution in [2.45, 2.75) is 19.5 Å². The summed E-state index contributed by atoms with van der Waals surface area (Å²) in [6, 6.07) is 16.0. The van der Waals surface area contributed by atoms with Crippen LogP contribution in [0.25, 0.3) is 22.3 Å². The maximum atomic E-state index is 10.2. The minimum Gasteiger partial charge on any atom is -0.454 e. The average Bonchev–Trinajstić information content (AvgIpc) is 2.87. The minimum atomic E-state index is -1.40. The molecule has 0 aliphatic carbocycles. The van der Waals surface area contributed by atoms with Crippen molar-refractivity contribution in [3.63, 3.8) is 0 Å². The molecule has 2 aromatic carbocycles. The lowest BCUT2D eigenvalue weighted by molar-refractivity contribution is 0.0631. The van der Waals surface area contributed by atoms with Gasteiger partial charge >= 0.3 is 0 Å². The fourth-order valence-corrected chi connectivity index (χ4v) is 4.58. The molecular weight excluding hydrogens is 583 g/mol. The van der Waals surface area contributed by atoms with Gasteiger partial charge in [-0.1, -0.05) is 23.2 Å². The molecule has 0 saturated carbocycles. The third-order valence-corrected chi connectivity index (χ3v) is 6.60. The summed E-state index contributed by atoms with van der Waals surface area (Å²) in [5.74, 6) is 0.702. The standard InChI is InChI=1S/C25H17BrCl2N6O3/c1-12-6-21(20-4-2-13(26)11-30-20)31-19-5-3-15(9-16(12)19)37-23-17(27)7-14(8-18(23)28)34-25(36)32-24(35)22(10-29)33-34/h2-9,11,24-25,32,35-36H,1H3. The summed E-state index contributed by atoms with van der Waals surface area (Å²) >= 11 is 16.3. The van der Waals surface area contributed by atoms with Crippen LogP contribution in [0.5, 0.6) is 11.5 Å². The number of halogens is 3. The number of aryl methyl sites for hydroxylation is 1. The first-order valence-electron chi connectivity index (χ1n) is 10.8. The maximum absolute atomic E-state index is 10.2. The van der Waals surface area contributed by atoms with Crippen LogP contribution in [0.15, 0.2) is 64.3 Å². The second-order valence-electron chi connectivity index (χ2n) is 8.09. The van der Waals surface area contributed by atoms with Gasteiger partial charge in [0.05, 0.1) is 32.6 Å². The van der Waals surface area contributed by atoms with Crippen molar-refractivity contribution >= 4 is 61.4 Å². The number of aliphatic hydroxyl groups excluding tert-OH is 2. The summed E-state index contributed by atoms with van der Waals surface area (Å²) in [4.78, 5) is 9.16. The fraction of sp³-hybridized carbons (Fsp3) is 0.120. The van der Waals surface area contributed by atoms with Gasteiger partial charge in [-0.05, 0) is 76.9 Å². The minimum absolute atomic E-state index is 0.154. The van der Waals surface area contributed by atoms with E-state index in [2.05, 4.69) is 31.3 Å². The molecule has 2 atom stereocenters. The average molecular weight is 600 g/mol. The van der Waals surface area contributed by atoms with E-state index in [4.69, 9.17) is 38.2 Å². The quantitative estimate of drug-likeness (QED) is 0.286. The van der Waals surface area contributed by atoms with Gasteiger partial charge in [-0.2, -0.15) is 10.4 Å². The van der Waals surface area contributed by atoms with Crippen LogP contribution in [0, 0.1) is 18.3 Å². The second kappa shape index (κ2) is 10.2. The molecule has 9 nitrogen and oxygen atoms in total. The summed E-state index contributed by atoms with van der Waals surface area (Å²) in [5, 5.41) is 37.8. The van der Waals surface area contributed by atoms with E-state index in [9.17, 15) is 10.2 Å². The van der Waals surface area contributed by atoms with Crippen molar-refractivity contribution in [1.29, 1.82) is 5.26 Å². The van der Waals surface area contributed by atoms with Crippen LogP contribution in [-0.2, 0) is 0 Å². The molecule has 0 fully saturated rings. The Morgan fingerprint density at radius 2 is 1.84 bits per heavy atom. The predicted molar refractivity (Wildman–Crippen MR) is 145 cm³/mol. The highest BCUT2D eigenvalue weighted by Gasteiger charge is 2.29. The molecule has 37 heavy (non-hydrogen) atoms. The Kier molecular flexibility index (Phi) is 7.00. The molecule has 0 spiro atoms. The zero-order chi connectivity index (χ0) is 26.3. The molecule has 3 heterocycles. The zero-order valence-corrected chi connectivity index (χ0v) is 22.1. The lowest BCUT2D eigenvalue weighted by Crippen LogP contribution is -2.55. The van der Waals surface area contributed by atoms with Gasteiger partial charge in [0.15, 0.2) is 17.7 Å². The van der Waals surface area contributed by atoms with Crippen molar-refractivity contribution in [1.82, 2.24) is 15.3 Å². The molecule has 0 radical (unpaired) electrons. The number of anilines is 1. The van der Waals surface area contributed by atoms with Crippen LogP contribution in [0.2, 0.25) is 10.0 Å². The van der Waals surface area contributed by atoms with Crippen molar-refractivity contribution in [3.05, 3.63) is 74.8 Å². The van der Waals surface area contributed by atoms with Crippen LogP contribution in [0.4, 0.5) is 5.69 Å². The first kappa shape index (κ1) is 25.4. The van der Waals surface area contributed by atoms with Crippen molar-refractivity contribution in [2.75, 3.05) is 5.01 Å². The predicted octanol–water partition coefficient (Wildman–Crippen LogP) is 5.35. The lowest BCUT2D eigenvalue weighted by Gasteiger charge is -2.32. The molecule has 5 rings (SSSR count). The molecule has 0 amide bonds. The molecule has 186 valence electrons. The summed E-state index contributed by atoms with van der Waals surface area (Å²) in [5.41, 5.74) is 3.35. The number of aromatic nitrogens is 2. The number of nitrogens with zero attached hydrogens (tertiary/aromatic N) is 5. The van der Waals surface area contributed by atoms with Gasteiger partial charge in [-0.3, -0.25) is 4.98 Å². The van der Waals surface area contributed by atoms with Crippen LogP contribution < -0.4 is 15.1 Å². The number of ether oxygens (including phenoxy) is 1. The highest BCUT2D eigenvalue weighted by atomic mass is 79.9. The largest absolute Gasteiger partial charge is 0.454 e. The molecule has 0 saturated heterocycles. The Balaban J connectivity index is 1.45. The summed E-state index contributed by atoms with van der Waals surface area (Å²) in [7, 11) is 0. The molecule has 1 aliphatic heterocycles. The smallest absolute Gasteiger partial charge is 0.206 e. The molecule has 0 bridgehead atoms. The molecule has 2 aromatic heterocycles. The normalized spacial score (nSPS) is 17.4. The molecular formula is C25H17BrCl2N6O3. The molecule has 3 N–H and O–H groups in total. The number of pyridine rings is 2. The van der Waals surface area contributed by atoms with Crippen molar-refractivity contribution in [2.24, 2.45) is 5.10 Å². The van der Waals surface area contributed by atoms with E-state index < -0.39 is 12.6 Å². The lowest BCUT2D eigenvalue weighted by atomic mass is 10.1. The molecule has 1 aliphatic rings. The van der Waals surface area contributed by atoms with E-state index in [0.717, 1.165) is 37.3 Å². The van der Waals surface area contributed by atoms with Gasteiger partial charge in [0.25, 0.3) is 0 Å². The summed E-state index contributed by atoms with van der Waals surface area (Å²) in [6.07, 6.45) is -1.07. The highest BCUT2D eigenvalue weighted by molar-refractivity contribution is 9.10. The highest BCUT2D eigenvalue weighted by Crippen LogP contribution is 2.41. The Morgan fingerprint density at radius 1 is 1.08 bits per heavy atom. The van der Waals surface area contributed by atoms with E-state index in [1.807, 2.05) is 37.3 Å². The number of hydrogen-bond donors (Lipinski definition) is 3. The van der Waals surface area contributed by atoms with E-state index in [0.29, 0.717) is 5.75 Å². The molecule has 2 unspecified atom stereocenters. The third kappa shape index (κ3) is 5.10. The van der Waals surface area contributed by atoms with Gasteiger partial charge in [0.1, 0.15) is 11.8 Å². The number of aliphatic hydroxyl groups is 2. The van der Waals surface area contributed by atoms with E-state index in [-0.39, 0.29) is 27.2 Å². The van der Waals surface area contributed by atoms with Gasteiger partial charge in [-0.15, -0.1) is 0 Å². The number of hydrogen-bond acceptors (Lipinski definition) is 9. The number of nitrogens with one attached hydrogen (secondary N) is 1. The first-order chi connectivity index (χ1) is 17.7. The monoisotopic (exact) mass is 598 g/mol. The Morgan fingerprint density at radius 3 is 2.51 bits per heavy atom. The topological polar surface area (TPSA) is 127 Å². The Hall–Kier alpha value is -3.30. The van der Waals surface area contributed by atoms with Gasteiger partial charge in [0.2, 0.25) is 6.35 Å². The van der Waals surface area contributed by atoms with Crippen LogP contribution >= 0.6 is 39.1 Å². The van der Waals surface area contributed by atoms with Crippen molar-refractivity contribution in [3.8, 4) is 29.0 Å². The third-order valence-electron chi connectivity index (χ3n) is 5.57. The van der Waals surface area contributed by atoms with Gasteiger partial charge in [-0.25, -0.2) is 15.3 Å². The summed E-state index contributed by atoms with van der Waals surface area (Å²) < 4.78 is 6.92. The number of fused-ring (bicyclic) bond motifs is 1. The zero-order valence-electron chi connectivity index (χ0n) is 19.0. The summed E-state index contributed by atoms with van der Waals surface area (Å²) in [6.45, 7) is 1.98.